The molecule has 1 saturated heterocycles. The van der Waals surface area contributed by atoms with E-state index < -0.39 is 11.9 Å². The summed E-state index contributed by atoms with van der Waals surface area (Å²) in [5.74, 6) is -1.62. The van der Waals surface area contributed by atoms with Gasteiger partial charge in [0, 0.05) is 20.0 Å². The summed E-state index contributed by atoms with van der Waals surface area (Å²) in [5.41, 5.74) is 1.74. The van der Waals surface area contributed by atoms with E-state index in [1.54, 1.807) is 9.58 Å². The molecule has 0 radical (unpaired) electrons. The van der Waals surface area contributed by atoms with Crippen LogP contribution in [0.5, 0.6) is 0 Å². The maximum Gasteiger partial charge on any atom is 0.308 e. The van der Waals surface area contributed by atoms with Crippen LogP contribution in [-0.4, -0.2) is 38.2 Å². The van der Waals surface area contributed by atoms with Gasteiger partial charge in [0.1, 0.15) is 0 Å². The van der Waals surface area contributed by atoms with Gasteiger partial charge in [-0.15, -0.1) is 0 Å². The lowest BCUT2D eigenvalue weighted by atomic mass is 10.1. The van der Waals surface area contributed by atoms with Crippen molar-refractivity contribution in [3.05, 3.63) is 15.9 Å². The molecule has 0 aromatic carbocycles. The zero-order valence-corrected chi connectivity index (χ0v) is 11.8. The molecule has 1 aliphatic rings. The van der Waals surface area contributed by atoms with Crippen molar-refractivity contribution >= 4 is 27.8 Å². The molecule has 1 aromatic heterocycles. The molecule has 2 heterocycles. The van der Waals surface area contributed by atoms with Gasteiger partial charge in [-0.1, -0.05) is 0 Å². The van der Waals surface area contributed by atoms with Crippen molar-refractivity contribution in [3.8, 4) is 0 Å². The summed E-state index contributed by atoms with van der Waals surface area (Å²) in [7, 11) is 1.81. The maximum absolute atomic E-state index is 11.7. The molecule has 1 fully saturated rings. The standard InChI is InChI=1S/C11H14BrN3O3/c1-6-10(12)8(14(2)13-6)5-15-4-7(11(17)18)3-9(15)16/h7H,3-5H2,1-2H3,(H,17,18). The van der Waals surface area contributed by atoms with Crippen molar-refractivity contribution < 1.29 is 14.7 Å². The summed E-state index contributed by atoms with van der Waals surface area (Å²) < 4.78 is 2.58. The van der Waals surface area contributed by atoms with E-state index in [1.165, 1.54) is 0 Å². The smallest absolute Gasteiger partial charge is 0.308 e. The number of aromatic nitrogens is 2. The Morgan fingerprint density at radius 2 is 2.28 bits per heavy atom. The monoisotopic (exact) mass is 315 g/mol. The molecule has 0 aliphatic carbocycles. The number of nitrogens with zero attached hydrogens (tertiary/aromatic N) is 3. The molecule has 18 heavy (non-hydrogen) atoms. The molecule has 7 heteroatoms. The normalized spacial score (nSPS) is 19.6. The van der Waals surface area contributed by atoms with Crippen LogP contribution in [0.1, 0.15) is 17.8 Å². The van der Waals surface area contributed by atoms with Crippen molar-refractivity contribution in [2.75, 3.05) is 6.54 Å². The topological polar surface area (TPSA) is 75.4 Å². The lowest BCUT2D eigenvalue weighted by molar-refractivity contribution is -0.141. The van der Waals surface area contributed by atoms with Crippen LogP contribution in [0.25, 0.3) is 0 Å². The third-order valence-electron chi connectivity index (χ3n) is 3.17. The Kier molecular flexibility index (Phi) is 3.43. The van der Waals surface area contributed by atoms with Gasteiger partial charge < -0.3 is 10.0 Å². The quantitative estimate of drug-likeness (QED) is 0.900. The van der Waals surface area contributed by atoms with Crippen LogP contribution in [0.2, 0.25) is 0 Å². The van der Waals surface area contributed by atoms with Gasteiger partial charge >= 0.3 is 5.97 Å². The zero-order valence-electron chi connectivity index (χ0n) is 10.2. The van der Waals surface area contributed by atoms with E-state index in [9.17, 15) is 9.59 Å². The molecular formula is C11H14BrN3O3. The van der Waals surface area contributed by atoms with Crippen LogP contribution in [0.15, 0.2) is 4.47 Å². The number of carboxylic acid groups (broad SMARTS) is 1. The third-order valence-corrected chi connectivity index (χ3v) is 4.20. The van der Waals surface area contributed by atoms with Gasteiger partial charge in [0.2, 0.25) is 5.91 Å². The van der Waals surface area contributed by atoms with Crippen LogP contribution in [0.4, 0.5) is 0 Å². The third kappa shape index (κ3) is 2.27. The second-order valence-electron chi connectivity index (χ2n) is 4.48. The average molecular weight is 316 g/mol. The fourth-order valence-electron chi connectivity index (χ4n) is 2.12. The number of likely N-dealkylation sites (tertiary alicyclic amines) is 1. The molecule has 1 N–H and O–H groups in total. The van der Waals surface area contributed by atoms with Crippen molar-refractivity contribution in [3.63, 3.8) is 0 Å². The van der Waals surface area contributed by atoms with E-state index in [4.69, 9.17) is 5.11 Å². The minimum absolute atomic E-state index is 0.0871. The Morgan fingerprint density at radius 3 is 2.72 bits per heavy atom. The zero-order chi connectivity index (χ0) is 13.4. The first-order chi connectivity index (χ1) is 8.40. The summed E-state index contributed by atoms with van der Waals surface area (Å²) in [6.07, 6.45) is 0.0871. The summed E-state index contributed by atoms with van der Waals surface area (Å²) >= 11 is 3.43. The van der Waals surface area contributed by atoms with Crippen molar-refractivity contribution in [2.24, 2.45) is 13.0 Å². The fraction of sp³-hybridized carbons (Fsp3) is 0.545. The highest BCUT2D eigenvalue weighted by Crippen LogP contribution is 2.25. The van der Waals surface area contributed by atoms with Gasteiger partial charge in [0.15, 0.2) is 0 Å². The molecule has 0 spiro atoms. The van der Waals surface area contributed by atoms with Gasteiger partial charge in [-0.05, 0) is 22.9 Å². The highest BCUT2D eigenvalue weighted by Gasteiger charge is 2.34. The number of carbonyl (C=O) groups excluding carboxylic acids is 1. The van der Waals surface area contributed by atoms with E-state index in [0.717, 1.165) is 15.9 Å². The number of aliphatic carboxylic acids is 1. The molecule has 0 saturated carbocycles. The lowest BCUT2D eigenvalue weighted by Crippen LogP contribution is -2.27. The van der Waals surface area contributed by atoms with Gasteiger partial charge in [0.05, 0.1) is 28.3 Å². The first-order valence-electron chi connectivity index (χ1n) is 5.58. The van der Waals surface area contributed by atoms with Crippen LogP contribution in [0.3, 0.4) is 0 Å². The summed E-state index contributed by atoms with van der Waals surface area (Å²) in [6.45, 7) is 2.53. The number of hydrogen-bond donors (Lipinski definition) is 1. The number of hydrogen-bond acceptors (Lipinski definition) is 3. The molecule has 6 nitrogen and oxygen atoms in total. The minimum Gasteiger partial charge on any atom is -0.481 e. The lowest BCUT2D eigenvalue weighted by Gasteiger charge is -2.16. The van der Waals surface area contributed by atoms with Gasteiger partial charge in [0.25, 0.3) is 0 Å². The van der Waals surface area contributed by atoms with E-state index in [2.05, 4.69) is 21.0 Å². The van der Waals surface area contributed by atoms with E-state index in [1.807, 2.05) is 14.0 Å². The van der Waals surface area contributed by atoms with Crippen molar-refractivity contribution in [1.82, 2.24) is 14.7 Å². The second kappa shape index (κ2) is 4.72. The van der Waals surface area contributed by atoms with E-state index >= 15 is 0 Å². The fourth-order valence-corrected chi connectivity index (χ4v) is 2.58. The van der Waals surface area contributed by atoms with Gasteiger partial charge in [-0.2, -0.15) is 5.10 Å². The number of rotatable bonds is 3. The largest absolute Gasteiger partial charge is 0.481 e. The van der Waals surface area contributed by atoms with Crippen LogP contribution in [-0.2, 0) is 23.2 Å². The van der Waals surface area contributed by atoms with Crippen LogP contribution in [0, 0.1) is 12.8 Å². The Morgan fingerprint density at radius 1 is 1.61 bits per heavy atom. The summed E-state index contributed by atoms with van der Waals surface area (Å²) in [4.78, 5) is 24.2. The SMILES string of the molecule is Cc1nn(C)c(CN2CC(C(=O)O)CC2=O)c1Br. The first kappa shape index (κ1) is 13.1. The van der Waals surface area contributed by atoms with Crippen molar-refractivity contribution in [1.29, 1.82) is 0 Å². The number of amides is 1. The molecule has 98 valence electrons. The van der Waals surface area contributed by atoms with Crippen LogP contribution >= 0.6 is 15.9 Å². The predicted octanol–water partition coefficient (Wildman–Crippen LogP) is 0.924. The molecule has 1 aromatic rings. The van der Waals surface area contributed by atoms with Crippen LogP contribution < -0.4 is 0 Å². The Hall–Kier alpha value is -1.37. The van der Waals surface area contributed by atoms with E-state index in [0.29, 0.717) is 6.54 Å². The molecular weight excluding hydrogens is 302 g/mol. The van der Waals surface area contributed by atoms with Gasteiger partial charge in [-0.3, -0.25) is 14.3 Å². The molecule has 0 bridgehead atoms. The molecule has 1 atom stereocenters. The molecule has 2 rings (SSSR count). The highest BCUT2D eigenvalue weighted by atomic mass is 79.9. The maximum atomic E-state index is 11.7. The highest BCUT2D eigenvalue weighted by molar-refractivity contribution is 9.10. The number of carboxylic acids is 1. The summed E-state index contributed by atoms with van der Waals surface area (Å²) in [5, 5.41) is 13.2. The number of carbonyl (C=O) groups is 2. The number of aryl methyl sites for hydroxylation is 2. The molecule has 1 amide bonds. The number of halogens is 1. The molecule has 1 unspecified atom stereocenters. The second-order valence-corrected chi connectivity index (χ2v) is 5.28. The van der Waals surface area contributed by atoms with E-state index in [-0.39, 0.29) is 18.9 Å². The Bertz CT molecular complexity index is 512. The Labute approximate surface area is 113 Å². The minimum atomic E-state index is -0.911. The molecule has 1 aliphatic heterocycles. The average Bonchev–Trinajstić information content (AvgIpc) is 2.76. The van der Waals surface area contributed by atoms with Crippen molar-refractivity contribution in [2.45, 2.75) is 19.9 Å². The summed E-state index contributed by atoms with van der Waals surface area (Å²) in [6, 6.07) is 0. The first-order valence-corrected chi connectivity index (χ1v) is 6.38. The van der Waals surface area contributed by atoms with Gasteiger partial charge in [-0.25, -0.2) is 0 Å². The Balaban J connectivity index is 2.15. The predicted molar refractivity (Wildman–Crippen MR) is 66.8 cm³/mol.